The molecule has 0 unspecified atom stereocenters. The van der Waals surface area contributed by atoms with Gasteiger partial charge < -0.3 is 10.2 Å². The Bertz CT molecular complexity index is 1380. The molecule has 0 aliphatic heterocycles. The van der Waals surface area contributed by atoms with E-state index in [2.05, 4.69) is 21.2 Å². The summed E-state index contributed by atoms with van der Waals surface area (Å²) in [5, 5.41) is 2.99. The zero-order chi connectivity index (χ0) is 28.6. The van der Waals surface area contributed by atoms with Gasteiger partial charge in [0, 0.05) is 17.1 Å². The Hall–Kier alpha value is -3.17. The zero-order valence-electron chi connectivity index (χ0n) is 22.8. The van der Waals surface area contributed by atoms with Crippen LogP contribution in [0.2, 0.25) is 0 Å². The summed E-state index contributed by atoms with van der Waals surface area (Å²) in [5.74, 6) is -0.724. The molecule has 0 saturated carbocycles. The number of hydrogen-bond donors (Lipinski definition) is 1. The average Bonchev–Trinajstić information content (AvgIpc) is 2.92. The first-order valence-corrected chi connectivity index (χ1v) is 15.3. The molecular weight excluding hydrogens is 578 g/mol. The predicted octanol–water partition coefficient (Wildman–Crippen LogP) is 5.67. The first-order chi connectivity index (χ1) is 18.6. The van der Waals surface area contributed by atoms with Crippen LogP contribution in [0.15, 0.2) is 88.2 Å². The Morgan fingerprint density at radius 1 is 0.923 bits per heavy atom. The van der Waals surface area contributed by atoms with E-state index in [0.717, 1.165) is 21.9 Å². The van der Waals surface area contributed by atoms with E-state index in [1.54, 1.807) is 42.5 Å². The lowest BCUT2D eigenvalue weighted by Gasteiger charge is -2.34. The van der Waals surface area contributed by atoms with E-state index >= 15 is 0 Å². The highest BCUT2D eigenvalue weighted by atomic mass is 79.9. The smallest absolute Gasteiger partial charge is 0.264 e. The van der Waals surface area contributed by atoms with Gasteiger partial charge in [-0.15, -0.1) is 0 Å². The van der Waals surface area contributed by atoms with Crippen LogP contribution in [-0.2, 0) is 26.2 Å². The second kappa shape index (κ2) is 13.8. The van der Waals surface area contributed by atoms with Crippen LogP contribution in [0, 0.1) is 6.92 Å². The molecule has 0 fully saturated rings. The van der Waals surface area contributed by atoms with Gasteiger partial charge >= 0.3 is 0 Å². The van der Waals surface area contributed by atoms with Crippen molar-refractivity contribution in [2.24, 2.45) is 0 Å². The highest BCUT2D eigenvalue weighted by molar-refractivity contribution is 9.10. The standard InChI is InChI=1S/C30H36BrN3O4S/c1-5-23(4)32-30(36)28(6-2)33(20-24-14-11-10-13-22(24)3)29(35)21-34(26-16-12-15-25(31)19-26)39(37,38)27-17-8-7-9-18-27/h7-19,23,28H,5-6,20-21H2,1-4H3,(H,32,36)/t23-,28+/m1/s1. The number of amides is 2. The summed E-state index contributed by atoms with van der Waals surface area (Å²) in [7, 11) is -4.09. The van der Waals surface area contributed by atoms with Gasteiger partial charge in [0.1, 0.15) is 12.6 Å². The summed E-state index contributed by atoms with van der Waals surface area (Å²) in [4.78, 5) is 29.0. The molecule has 1 N–H and O–H groups in total. The molecule has 0 aromatic heterocycles. The Morgan fingerprint density at radius 3 is 2.21 bits per heavy atom. The van der Waals surface area contributed by atoms with Gasteiger partial charge in [0.2, 0.25) is 11.8 Å². The zero-order valence-corrected chi connectivity index (χ0v) is 25.2. The van der Waals surface area contributed by atoms with E-state index in [0.29, 0.717) is 16.6 Å². The van der Waals surface area contributed by atoms with Gasteiger partial charge in [0.05, 0.1) is 10.6 Å². The number of carbonyl (C=O) groups is 2. The number of aryl methyl sites for hydroxylation is 1. The monoisotopic (exact) mass is 613 g/mol. The first-order valence-electron chi connectivity index (χ1n) is 13.1. The van der Waals surface area contributed by atoms with Crippen LogP contribution in [0.4, 0.5) is 5.69 Å². The first kappa shape index (κ1) is 30.4. The van der Waals surface area contributed by atoms with Crippen LogP contribution in [0.25, 0.3) is 0 Å². The largest absolute Gasteiger partial charge is 0.352 e. The number of benzene rings is 3. The van der Waals surface area contributed by atoms with Crippen molar-refractivity contribution in [2.45, 2.75) is 64.1 Å². The Morgan fingerprint density at radius 2 is 1.59 bits per heavy atom. The van der Waals surface area contributed by atoms with Crippen molar-refractivity contribution in [3.05, 3.63) is 94.5 Å². The third kappa shape index (κ3) is 7.70. The summed E-state index contributed by atoms with van der Waals surface area (Å²) < 4.78 is 29.5. The number of anilines is 1. The van der Waals surface area contributed by atoms with Crippen molar-refractivity contribution >= 4 is 43.5 Å². The molecule has 0 bridgehead atoms. The molecule has 208 valence electrons. The fourth-order valence-electron chi connectivity index (χ4n) is 4.21. The lowest BCUT2D eigenvalue weighted by Crippen LogP contribution is -2.53. The van der Waals surface area contributed by atoms with E-state index in [9.17, 15) is 18.0 Å². The molecule has 2 atom stereocenters. The van der Waals surface area contributed by atoms with Gasteiger partial charge in [-0.25, -0.2) is 8.42 Å². The number of sulfonamides is 1. The predicted molar refractivity (Wildman–Crippen MR) is 159 cm³/mol. The van der Waals surface area contributed by atoms with Crippen molar-refractivity contribution in [1.82, 2.24) is 10.2 Å². The number of halogens is 1. The van der Waals surface area contributed by atoms with Gasteiger partial charge in [-0.05, 0) is 68.1 Å². The van der Waals surface area contributed by atoms with Crippen molar-refractivity contribution in [3.8, 4) is 0 Å². The maximum Gasteiger partial charge on any atom is 0.264 e. The number of carbonyl (C=O) groups excluding carboxylic acids is 2. The molecule has 7 nitrogen and oxygen atoms in total. The van der Waals surface area contributed by atoms with Crippen LogP contribution >= 0.6 is 15.9 Å². The molecule has 3 aromatic rings. The summed E-state index contributed by atoms with van der Waals surface area (Å²) >= 11 is 3.41. The maximum atomic E-state index is 14.1. The lowest BCUT2D eigenvalue weighted by atomic mass is 10.1. The van der Waals surface area contributed by atoms with Gasteiger partial charge in [0.25, 0.3) is 10.0 Å². The van der Waals surface area contributed by atoms with E-state index in [-0.39, 0.29) is 23.4 Å². The summed E-state index contributed by atoms with van der Waals surface area (Å²) in [6, 6.07) is 21.7. The van der Waals surface area contributed by atoms with Gasteiger partial charge in [-0.1, -0.05) is 78.3 Å². The van der Waals surface area contributed by atoms with Crippen LogP contribution in [0.3, 0.4) is 0 Å². The van der Waals surface area contributed by atoms with Crippen LogP contribution < -0.4 is 9.62 Å². The van der Waals surface area contributed by atoms with Gasteiger partial charge in [0.15, 0.2) is 0 Å². The molecule has 39 heavy (non-hydrogen) atoms. The van der Waals surface area contributed by atoms with Gasteiger partial charge in [-0.3, -0.25) is 13.9 Å². The Balaban J connectivity index is 2.06. The van der Waals surface area contributed by atoms with E-state index in [1.165, 1.54) is 17.0 Å². The van der Waals surface area contributed by atoms with E-state index in [1.807, 2.05) is 52.0 Å². The minimum absolute atomic E-state index is 0.0569. The molecule has 0 aliphatic rings. The van der Waals surface area contributed by atoms with Crippen molar-refractivity contribution in [3.63, 3.8) is 0 Å². The van der Waals surface area contributed by atoms with Crippen LogP contribution in [-0.4, -0.2) is 43.8 Å². The van der Waals surface area contributed by atoms with Crippen molar-refractivity contribution in [1.29, 1.82) is 0 Å². The lowest BCUT2D eigenvalue weighted by molar-refractivity contribution is -0.140. The van der Waals surface area contributed by atoms with Gasteiger partial charge in [-0.2, -0.15) is 0 Å². The number of nitrogens with one attached hydrogen (secondary N) is 1. The highest BCUT2D eigenvalue weighted by Gasteiger charge is 2.34. The second-order valence-electron chi connectivity index (χ2n) is 9.49. The molecule has 3 aromatic carbocycles. The SMILES string of the molecule is CC[C@@H](C)NC(=O)[C@H](CC)N(Cc1ccccc1C)C(=O)CN(c1cccc(Br)c1)S(=O)(=O)c1ccccc1. The van der Waals surface area contributed by atoms with Crippen LogP contribution in [0.5, 0.6) is 0 Å². The third-order valence-corrected chi connectivity index (χ3v) is 8.98. The van der Waals surface area contributed by atoms with Crippen LogP contribution in [0.1, 0.15) is 44.7 Å². The quantitative estimate of drug-likeness (QED) is 0.285. The molecular formula is C30H36BrN3O4S. The highest BCUT2D eigenvalue weighted by Crippen LogP contribution is 2.27. The molecule has 0 heterocycles. The Kier molecular flexibility index (Phi) is 10.7. The molecule has 2 amide bonds. The molecule has 9 heteroatoms. The third-order valence-electron chi connectivity index (χ3n) is 6.70. The number of rotatable bonds is 12. The fourth-order valence-corrected chi connectivity index (χ4v) is 6.03. The minimum Gasteiger partial charge on any atom is -0.352 e. The molecule has 3 rings (SSSR count). The average molecular weight is 615 g/mol. The summed E-state index contributed by atoms with van der Waals surface area (Å²) in [5.41, 5.74) is 2.21. The second-order valence-corrected chi connectivity index (χ2v) is 12.3. The van der Waals surface area contributed by atoms with Crippen molar-refractivity contribution in [2.75, 3.05) is 10.8 Å². The van der Waals surface area contributed by atoms with E-state index in [4.69, 9.17) is 0 Å². The summed E-state index contributed by atoms with van der Waals surface area (Å²) in [6.07, 6.45) is 1.13. The Labute approximate surface area is 240 Å². The molecule has 0 spiro atoms. The topological polar surface area (TPSA) is 86.8 Å². The minimum atomic E-state index is -4.09. The molecule has 0 saturated heterocycles. The fraction of sp³-hybridized carbons (Fsp3) is 0.333. The number of hydrogen-bond acceptors (Lipinski definition) is 4. The molecule has 0 aliphatic carbocycles. The van der Waals surface area contributed by atoms with E-state index < -0.39 is 28.5 Å². The normalized spacial score (nSPS) is 12.8. The summed E-state index contributed by atoms with van der Waals surface area (Å²) in [6.45, 7) is 7.41. The number of nitrogens with zero attached hydrogens (tertiary/aromatic N) is 2. The molecule has 0 radical (unpaired) electrons. The van der Waals surface area contributed by atoms with Crippen molar-refractivity contribution < 1.29 is 18.0 Å². The maximum absolute atomic E-state index is 14.1.